The molecule has 0 saturated heterocycles. The molecule has 2 amide bonds. The predicted octanol–water partition coefficient (Wildman–Crippen LogP) is 2.10. The second kappa shape index (κ2) is 6.21. The van der Waals surface area contributed by atoms with Crippen LogP contribution in [0.2, 0.25) is 0 Å². The van der Waals surface area contributed by atoms with Gasteiger partial charge in [0.25, 0.3) is 0 Å². The molecule has 0 unspecified atom stereocenters. The first-order valence-electron chi connectivity index (χ1n) is 6.62. The maximum absolute atomic E-state index is 12.0. The number of carbonyl (C=O) groups excluding carboxylic acids is 2. The maximum Gasteiger partial charge on any atom is 0.246 e. The van der Waals surface area contributed by atoms with E-state index in [1.54, 1.807) is 28.9 Å². The van der Waals surface area contributed by atoms with Gasteiger partial charge in [0.15, 0.2) is 0 Å². The molecule has 0 aliphatic carbocycles. The highest BCUT2D eigenvalue weighted by Gasteiger charge is 2.07. The van der Waals surface area contributed by atoms with Crippen LogP contribution in [0.3, 0.4) is 0 Å². The molecular weight excluding hydrogens is 268 g/mol. The van der Waals surface area contributed by atoms with Gasteiger partial charge in [-0.1, -0.05) is 0 Å². The van der Waals surface area contributed by atoms with Crippen LogP contribution in [0.1, 0.15) is 18.3 Å². The minimum absolute atomic E-state index is 0.128. The van der Waals surface area contributed by atoms with Crippen LogP contribution in [0.4, 0.5) is 11.4 Å². The van der Waals surface area contributed by atoms with E-state index in [4.69, 9.17) is 0 Å². The Balaban J connectivity index is 1.96. The maximum atomic E-state index is 12.0. The number of aryl methyl sites for hydroxylation is 2. The number of rotatable bonds is 4. The number of benzene rings is 1. The van der Waals surface area contributed by atoms with Gasteiger partial charge in [0.05, 0.1) is 5.69 Å². The van der Waals surface area contributed by atoms with Crippen LogP contribution in [0, 0.1) is 13.8 Å². The normalized spacial score (nSPS) is 10.2. The molecule has 2 rings (SSSR count). The van der Waals surface area contributed by atoms with E-state index < -0.39 is 0 Å². The van der Waals surface area contributed by atoms with Crippen LogP contribution in [-0.2, 0) is 16.1 Å². The number of nitrogens with zero attached hydrogens (tertiary/aromatic N) is 2. The summed E-state index contributed by atoms with van der Waals surface area (Å²) in [6.45, 7) is 5.43. The molecule has 1 aromatic heterocycles. The molecule has 21 heavy (non-hydrogen) atoms. The van der Waals surface area contributed by atoms with Crippen molar-refractivity contribution in [2.75, 3.05) is 10.6 Å². The Kier molecular flexibility index (Phi) is 4.37. The number of anilines is 2. The molecule has 0 bridgehead atoms. The van der Waals surface area contributed by atoms with E-state index in [9.17, 15) is 9.59 Å². The van der Waals surface area contributed by atoms with Crippen LogP contribution < -0.4 is 10.6 Å². The Bertz CT molecular complexity index is 659. The Labute approximate surface area is 123 Å². The smallest absolute Gasteiger partial charge is 0.246 e. The molecule has 0 saturated carbocycles. The zero-order valence-corrected chi connectivity index (χ0v) is 12.3. The summed E-state index contributed by atoms with van der Waals surface area (Å²) in [5.74, 6) is -0.273. The molecule has 1 heterocycles. The number of aromatic nitrogens is 2. The van der Waals surface area contributed by atoms with Gasteiger partial charge in [0, 0.05) is 24.0 Å². The van der Waals surface area contributed by atoms with Crippen molar-refractivity contribution < 1.29 is 9.59 Å². The largest absolute Gasteiger partial charge is 0.326 e. The van der Waals surface area contributed by atoms with Gasteiger partial charge in [-0.05, 0) is 44.2 Å². The summed E-state index contributed by atoms with van der Waals surface area (Å²) in [6, 6.07) is 8.88. The standard InChI is InChI=1S/C15H18N4O2/c1-10-8-11(2)19(18-10)9-15(21)17-14-6-4-13(5-7-14)16-12(3)20/h4-8H,9H2,1-3H3,(H,16,20)(H,17,21). The van der Waals surface area contributed by atoms with Gasteiger partial charge < -0.3 is 10.6 Å². The van der Waals surface area contributed by atoms with E-state index in [0.29, 0.717) is 11.4 Å². The van der Waals surface area contributed by atoms with E-state index in [0.717, 1.165) is 11.4 Å². The van der Waals surface area contributed by atoms with Gasteiger partial charge in [0.1, 0.15) is 6.54 Å². The highest BCUT2D eigenvalue weighted by Crippen LogP contribution is 2.13. The highest BCUT2D eigenvalue weighted by molar-refractivity contribution is 5.92. The van der Waals surface area contributed by atoms with Crippen molar-refractivity contribution in [3.8, 4) is 0 Å². The van der Waals surface area contributed by atoms with E-state index in [-0.39, 0.29) is 18.4 Å². The van der Waals surface area contributed by atoms with Gasteiger partial charge in [-0.2, -0.15) is 5.10 Å². The van der Waals surface area contributed by atoms with Gasteiger partial charge in [-0.25, -0.2) is 0 Å². The highest BCUT2D eigenvalue weighted by atomic mass is 16.2. The van der Waals surface area contributed by atoms with E-state index in [1.165, 1.54) is 6.92 Å². The lowest BCUT2D eigenvalue weighted by Crippen LogP contribution is -2.20. The van der Waals surface area contributed by atoms with Crippen molar-refractivity contribution in [3.63, 3.8) is 0 Å². The second-order valence-corrected chi connectivity index (χ2v) is 4.89. The fraction of sp³-hybridized carbons (Fsp3) is 0.267. The molecule has 0 aliphatic heterocycles. The van der Waals surface area contributed by atoms with Gasteiger partial charge >= 0.3 is 0 Å². The van der Waals surface area contributed by atoms with Gasteiger partial charge in [-0.15, -0.1) is 0 Å². The van der Waals surface area contributed by atoms with E-state index in [2.05, 4.69) is 15.7 Å². The summed E-state index contributed by atoms with van der Waals surface area (Å²) in [7, 11) is 0. The Morgan fingerprint density at radius 3 is 2.14 bits per heavy atom. The van der Waals surface area contributed by atoms with Crippen LogP contribution in [-0.4, -0.2) is 21.6 Å². The molecular formula is C15H18N4O2. The fourth-order valence-corrected chi connectivity index (χ4v) is 2.01. The zero-order valence-electron chi connectivity index (χ0n) is 12.3. The third-order valence-electron chi connectivity index (χ3n) is 2.89. The van der Waals surface area contributed by atoms with Crippen molar-refractivity contribution in [3.05, 3.63) is 41.7 Å². The number of nitrogens with one attached hydrogen (secondary N) is 2. The summed E-state index contributed by atoms with van der Waals surface area (Å²) in [4.78, 5) is 22.9. The third-order valence-corrected chi connectivity index (χ3v) is 2.89. The summed E-state index contributed by atoms with van der Waals surface area (Å²) in [6.07, 6.45) is 0. The molecule has 0 radical (unpaired) electrons. The summed E-state index contributed by atoms with van der Waals surface area (Å²) >= 11 is 0. The Hall–Kier alpha value is -2.63. The van der Waals surface area contributed by atoms with E-state index >= 15 is 0 Å². The van der Waals surface area contributed by atoms with Crippen molar-refractivity contribution in [2.45, 2.75) is 27.3 Å². The number of hydrogen-bond acceptors (Lipinski definition) is 3. The first-order chi connectivity index (χ1) is 9.94. The van der Waals surface area contributed by atoms with Crippen LogP contribution >= 0.6 is 0 Å². The van der Waals surface area contributed by atoms with Crippen molar-refractivity contribution in [1.82, 2.24) is 9.78 Å². The molecule has 6 heteroatoms. The quantitative estimate of drug-likeness (QED) is 0.903. The first kappa shape index (κ1) is 14.8. The molecule has 1 aromatic carbocycles. The number of carbonyl (C=O) groups is 2. The lowest BCUT2D eigenvalue weighted by Gasteiger charge is -2.08. The SMILES string of the molecule is CC(=O)Nc1ccc(NC(=O)Cn2nc(C)cc2C)cc1. The molecule has 110 valence electrons. The first-order valence-corrected chi connectivity index (χ1v) is 6.62. The zero-order chi connectivity index (χ0) is 15.4. The monoisotopic (exact) mass is 286 g/mol. The Morgan fingerprint density at radius 2 is 1.67 bits per heavy atom. The van der Waals surface area contributed by atoms with Crippen LogP contribution in [0.5, 0.6) is 0 Å². The Morgan fingerprint density at radius 1 is 1.10 bits per heavy atom. The molecule has 0 atom stereocenters. The van der Waals surface area contributed by atoms with Crippen molar-refractivity contribution in [1.29, 1.82) is 0 Å². The van der Waals surface area contributed by atoms with Crippen molar-refractivity contribution in [2.24, 2.45) is 0 Å². The molecule has 2 aromatic rings. The second-order valence-electron chi connectivity index (χ2n) is 4.89. The topological polar surface area (TPSA) is 76.0 Å². The average molecular weight is 286 g/mol. The predicted molar refractivity (Wildman–Crippen MR) is 81.1 cm³/mol. The van der Waals surface area contributed by atoms with Crippen LogP contribution in [0.15, 0.2) is 30.3 Å². The lowest BCUT2D eigenvalue weighted by molar-refractivity contribution is -0.117. The molecule has 2 N–H and O–H groups in total. The molecule has 0 spiro atoms. The fourth-order valence-electron chi connectivity index (χ4n) is 2.01. The minimum atomic E-state index is -0.145. The molecule has 0 fully saturated rings. The lowest BCUT2D eigenvalue weighted by atomic mass is 10.2. The molecule has 0 aliphatic rings. The van der Waals surface area contributed by atoms with E-state index in [1.807, 2.05) is 19.9 Å². The van der Waals surface area contributed by atoms with Crippen LogP contribution in [0.25, 0.3) is 0 Å². The molecule has 6 nitrogen and oxygen atoms in total. The number of amides is 2. The summed E-state index contributed by atoms with van der Waals surface area (Å²) in [5.41, 5.74) is 3.21. The summed E-state index contributed by atoms with van der Waals surface area (Å²) < 4.78 is 1.66. The summed E-state index contributed by atoms with van der Waals surface area (Å²) in [5, 5.41) is 9.71. The minimum Gasteiger partial charge on any atom is -0.326 e. The average Bonchev–Trinajstić information content (AvgIpc) is 2.69. The van der Waals surface area contributed by atoms with Gasteiger partial charge in [0.2, 0.25) is 11.8 Å². The number of hydrogen-bond donors (Lipinski definition) is 2. The third kappa shape index (κ3) is 4.17. The van der Waals surface area contributed by atoms with Gasteiger partial charge in [-0.3, -0.25) is 14.3 Å². The van der Waals surface area contributed by atoms with Crippen molar-refractivity contribution >= 4 is 23.2 Å².